The minimum absolute atomic E-state index is 0.397. The molecule has 0 atom stereocenters. The number of ether oxygens (including phenoxy) is 1. The Labute approximate surface area is 119 Å². The summed E-state index contributed by atoms with van der Waals surface area (Å²) in [6, 6.07) is 15.6. The summed E-state index contributed by atoms with van der Waals surface area (Å²) >= 11 is 4.92. The second-order valence-electron chi connectivity index (χ2n) is 4.72. The van der Waals surface area contributed by atoms with Crippen LogP contribution >= 0.6 is 12.2 Å². The highest BCUT2D eigenvalue weighted by Crippen LogP contribution is 2.25. The molecule has 0 aliphatic heterocycles. The van der Waals surface area contributed by atoms with Crippen molar-refractivity contribution in [1.29, 1.82) is 0 Å². The molecule has 0 bridgehead atoms. The van der Waals surface area contributed by atoms with E-state index in [-0.39, 0.29) is 0 Å². The van der Waals surface area contributed by atoms with Gasteiger partial charge in [0, 0.05) is 5.56 Å². The number of benzene rings is 2. The second kappa shape index (κ2) is 5.85. The Bertz CT molecular complexity index is 576. The van der Waals surface area contributed by atoms with Crippen molar-refractivity contribution in [2.75, 3.05) is 0 Å². The van der Waals surface area contributed by atoms with Gasteiger partial charge in [-0.3, -0.25) is 0 Å². The summed E-state index contributed by atoms with van der Waals surface area (Å²) in [6.45, 7) is 4.33. The first kappa shape index (κ1) is 13.6. The molecule has 0 spiro atoms. The Morgan fingerprint density at radius 2 is 1.74 bits per heavy atom. The fourth-order valence-corrected chi connectivity index (χ4v) is 1.90. The molecule has 3 heteroatoms. The Balaban J connectivity index is 2.16. The summed E-state index contributed by atoms with van der Waals surface area (Å²) in [6.07, 6.45) is 0. The van der Waals surface area contributed by atoms with E-state index in [1.807, 2.05) is 36.4 Å². The van der Waals surface area contributed by atoms with Crippen molar-refractivity contribution in [3.8, 4) is 11.5 Å². The fourth-order valence-electron chi connectivity index (χ4n) is 1.76. The van der Waals surface area contributed by atoms with Gasteiger partial charge in [-0.25, -0.2) is 0 Å². The van der Waals surface area contributed by atoms with Gasteiger partial charge in [-0.15, -0.1) is 0 Å². The third kappa shape index (κ3) is 3.55. The van der Waals surface area contributed by atoms with E-state index in [2.05, 4.69) is 26.0 Å². The molecule has 0 radical (unpaired) electrons. The largest absolute Gasteiger partial charge is 0.457 e. The smallest absolute Gasteiger partial charge is 0.127 e. The molecule has 0 aromatic heterocycles. The molecule has 2 nitrogen and oxygen atoms in total. The molecule has 2 aromatic carbocycles. The van der Waals surface area contributed by atoms with E-state index in [1.165, 1.54) is 5.56 Å². The Morgan fingerprint density at radius 3 is 2.32 bits per heavy atom. The van der Waals surface area contributed by atoms with Crippen molar-refractivity contribution in [1.82, 2.24) is 0 Å². The predicted molar refractivity (Wildman–Crippen MR) is 82.9 cm³/mol. The second-order valence-corrected chi connectivity index (χ2v) is 5.16. The highest BCUT2D eigenvalue weighted by molar-refractivity contribution is 7.80. The highest BCUT2D eigenvalue weighted by Gasteiger charge is 2.03. The van der Waals surface area contributed by atoms with Gasteiger partial charge in [0.05, 0.1) is 0 Å². The maximum atomic E-state index is 5.82. The lowest BCUT2D eigenvalue weighted by Crippen LogP contribution is -2.08. The maximum absolute atomic E-state index is 5.82. The summed E-state index contributed by atoms with van der Waals surface area (Å²) < 4.78 is 5.82. The molecule has 0 aliphatic carbocycles. The number of hydrogen-bond acceptors (Lipinski definition) is 2. The Hall–Kier alpha value is -1.87. The summed E-state index contributed by atoms with van der Waals surface area (Å²) in [5, 5.41) is 0. The van der Waals surface area contributed by atoms with Crippen LogP contribution in [-0.4, -0.2) is 4.99 Å². The van der Waals surface area contributed by atoms with E-state index in [1.54, 1.807) is 0 Å². The first-order valence-corrected chi connectivity index (χ1v) is 6.65. The monoisotopic (exact) mass is 271 g/mol. The van der Waals surface area contributed by atoms with Crippen LogP contribution in [0.15, 0.2) is 48.5 Å². The van der Waals surface area contributed by atoms with Gasteiger partial charge in [0.1, 0.15) is 16.5 Å². The molecule has 0 fully saturated rings. The van der Waals surface area contributed by atoms with E-state index >= 15 is 0 Å². The Kier molecular flexibility index (Phi) is 4.17. The van der Waals surface area contributed by atoms with Crippen LogP contribution in [0.2, 0.25) is 0 Å². The predicted octanol–water partition coefficient (Wildman–Crippen LogP) is 4.24. The van der Waals surface area contributed by atoms with E-state index in [9.17, 15) is 0 Å². The van der Waals surface area contributed by atoms with E-state index in [4.69, 9.17) is 22.7 Å². The molecule has 0 saturated heterocycles. The topological polar surface area (TPSA) is 35.2 Å². The van der Waals surface area contributed by atoms with Crippen LogP contribution in [0.4, 0.5) is 0 Å². The summed E-state index contributed by atoms with van der Waals surface area (Å²) in [7, 11) is 0. The van der Waals surface area contributed by atoms with Gasteiger partial charge >= 0.3 is 0 Å². The minimum Gasteiger partial charge on any atom is -0.457 e. The quantitative estimate of drug-likeness (QED) is 0.845. The molecule has 0 unspecified atom stereocenters. The molecule has 19 heavy (non-hydrogen) atoms. The summed E-state index contributed by atoms with van der Waals surface area (Å²) in [4.78, 5) is 0.397. The SMILES string of the molecule is CC(C)c1cccc(Oc2ccc(C(N)=S)cc2)c1. The molecule has 0 saturated carbocycles. The molecular weight excluding hydrogens is 254 g/mol. The number of rotatable bonds is 4. The highest BCUT2D eigenvalue weighted by atomic mass is 32.1. The average molecular weight is 271 g/mol. The zero-order valence-corrected chi connectivity index (χ0v) is 11.9. The van der Waals surface area contributed by atoms with Gasteiger partial charge < -0.3 is 10.5 Å². The van der Waals surface area contributed by atoms with Crippen molar-refractivity contribution < 1.29 is 4.74 Å². The van der Waals surface area contributed by atoms with Crippen molar-refractivity contribution in [3.63, 3.8) is 0 Å². The zero-order valence-electron chi connectivity index (χ0n) is 11.1. The zero-order chi connectivity index (χ0) is 13.8. The summed E-state index contributed by atoms with van der Waals surface area (Å²) in [5.74, 6) is 2.11. The third-order valence-corrected chi connectivity index (χ3v) is 3.13. The molecular formula is C16H17NOS. The van der Waals surface area contributed by atoms with Gasteiger partial charge in [-0.1, -0.05) is 38.2 Å². The van der Waals surface area contributed by atoms with Gasteiger partial charge in [0.15, 0.2) is 0 Å². The lowest BCUT2D eigenvalue weighted by Gasteiger charge is -2.10. The summed E-state index contributed by atoms with van der Waals surface area (Å²) in [5.41, 5.74) is 7.67. The number of thiocarbonyl (C=S) groups is 1. The maximum Gasteiger partial charge on any atom is 0.127 e. The molecule has 0 amide bonds. The molecule has 98 valence electrons. The van der Waals surface area contributed by atoms with Gasteiger partial charge in [-0.2, -0.15) is 0 Å². The molecule has 0 heterocycles. The minimum atomic E-state index is 0.397. The lowest BCUT2D eigenvalue weighted by atomic mass is 10.0. The van der Waals surface area contributed by atoms with E-state index in [0.717, 1.165) is 17.1 Å². The van der Waals surface area contributed by atoms with Crippen molar-refractivity contribution >= 4 is 17.2 Å². The normalized spacial score (nSPS) is 10.5. The van der Waals surface area contributed by atoms with Crippen molar-refractivity contribution in [3.05, 3.63) is 59.7 Å². The molecule has 2 N–H and O–H groups in total. The van der Waals surface area contributed by atoms with Crippen LogP contribution in [0.5, 0.6) is 11.5 Å². The number of nitrogens with two attached hydrogens (primary N) is 1. The molecule has 2 aromatic rings. The number of hydrogen-bond donors (Lipinski definition) is 1. The van der Waals surface area contributed by atoms with Crippen LogP contribution in [0.1, 0.15) is 30.9 Å². The standard InChI is InChI=1S/C16H17NOS/c1-11(2)13-4-3-5-15(10-13)18-14-8-6-12(7-9-14)16(17)19/h3-11H,1-2H3,(H2,17,19). The molecule has 2 rings (SSSR count). The van der Waals surface area contributed by atoms with Crippen LogP contribution in [0, 0.1) is 0 Å². The lowest BCUT2D eigenvalue weighted by molar-refractivity contribution is 0.481. The van der Waals surface area contributed by atoms with Crippen LogP contribution in [-0.2, 0) is 0 Å². The van der Waals surface area contributed by atoms with Gasteiger partial charge in [0.2, 0.25) is 0 Å². The van der Waals surface area contributed by atoms with Crippen LogP contribution in [0.3, 0.4) is 0 Å². The first-order valence-electron chi connectivity index (χ1n) is 6.24. The van der Waals surface area contributed by atoms with E-state index in [0.29, 0.717) is 10.9 Å². The Morgan fingerprint density at radius 1 is 1.05 bits per heavy atom. The van der Waals surface area contributed by atoms with Gasteiger partial charge in [-0.05, 0) is 47.9 Å². The average Bonchev–Trinajstić information content (AvgIpc) is 2.39. The van der Waals surface area contributed by atoms with Gasteiger partial charge in [0.25, 0.3) is 0 Å². The molecule has 0 aliphatic rings. The first-order chi connectivity index (χ1) is 9.06. The van der Waals surface area contributed by atoms with Crippen molar-refractivity contribution in [2.45, 2.75) is 19.8 Å². The van der Waals surface area contributed by atoms with Crippen LogP contribution in [0.25, 0.3) is 0 Å². The van der Waals surface area contributed by atoms with Crippen molar-refractivity contribution in [2.24, 2.45) is 5.73 Å². The fraction of sp³-hybridized carbons (Fsp3) is 0.188. The third-order valence-electron chi connectivity index (χ3n) is 2.90. The van der Waals surface area contributed by atoms with E-state index < -0.39 is 0 Å². The van der Waals surface area contributed by atoms with Crippen LogP contribution < -0.4 is 10.5 Å².